The molecule has 0 bridgehead atoms. The molecule has 1 N–H and O–H groups in total. The number of halogens is 1. The second-order valence-corrected chi connectivity index (χ2v) is 5.88. The number of benzene rings is 2. The normalized spacial score (nSPS) is 9.85. The smallest absolute Gasteiger partial charge is 0.337 e. The van der Waals surface area contributed by atoms with E-state index >= 15 is 0 Å². The van der Waals surface area contributed by atoms with E-state index in [0.29, 0.717) is 5.69 Å². The molecular weight excluding hydrogens is 370 g/mol. The number of hydrogen-bond donors (Lipinski definition) is 1. The van der Waals surface area contributed by atoms with Crippen LogP contribution in [0.25, 0.3) is 0 Å². The van der Waals surface area contributed by atoms with Crippen LogP contribution in [-0.4, -0.2) is 31.4 Å². The Kier molecular flexibility index (Phi) is 6.52. The van der Waals surface area contributed by atoms with Crippen LogP contribution >= 0.6 is 11.6 Å². The number of carbonyl (C=O) groups excluding carboxylic acids is 3. The minimum Gasteiger partial charge on any atom is -0.465 e. The molecular formula is C19H16ClN3O4. The molecule has 0 atom stereocenters. The Morgan fingerprint density at radius 2 is 1.93 bits per heavy atom. The topological polar surface area (TPSA) is 99.5 Å². The van der Waals surface area contributed by atoms with Crippen LogP contribution in [0.15, 0.2) is 42.5 Å². The number of carbonyl (C=O) groups is 3. The molecule has 0 unspecified atom stereocenters. The summed E-state index contributed by atoms with van der Waals surface area (Å²) in [6.07, 6.45) is 0. The lowest BCUT2D eigenvalue weighted by atomic mass is 10.1. The van der Waals surface area contributed by atoms with Crippen LogP contribution in [0.5, 0.6) is 0 Å². The highest BCUT2D eigenvalue weighted by molar-refractivity contribution is 6.34. The van der Waals surface area contributed by atoms with Gasteiger partial charge in [-0.05, 0) is 30.3 Å². The fourth-order valence-corrected chi connectivity index (χ4v) is 2.53. The van der Waals surface area contributed by atoms with Crippen molar-refractivity contribution >= 4 is 40.8 Å². The van der Waals surface area contributed by atoms with Gasteiger partial charge in [-0.15, -0.1) is 0 Å². The molecule has 2 aromatic carbocycles. The number of nitrogens with one attached hydrogen (secondary N) is 1. The molecule has 0 fully saturated rings. The number of amides is 2. The summed E-state index contributed by atoms with van der Waals surface area (Å²) >= 11 is 6.06. The van der Waals surface area contributed by atoms with Gasteiger partial charge < -0.3 is 15.0 Å². The predicted octanol–water partition coefficient (Wildman–Crippen LogP) is 2.99. The van der Waals surface area contributed by atoms with Gasteiger partial charge in [0.25, 0.3) is 0 Å². The molecule has 0 spiro atoms. The highest BCUT2D eigenvalue weighted by Gasteiger charge is 2.19. The molecule has 8 heteroatoms. The maximum Gasteiger partial charge on any atom is 0.337 e. The number of ether oxygens (including phenoxy) is 1. The zero-order chi connectivity index (χ0) is 20.0. The van der Waals surface area contributed by atoms with E-state index in [1.807, 2.05) is 6.07 Å². The molecule has 2 aromatic rings. The number of rotatable bonds is 5. The largest absolute Gasteiger partial charge is 0.465 e. The van der Waals surface area contributed by atoms with E-state index in [1.54, 1.807) is 24.3 Å². The van der Waals surface area contributed by atoms with Crippen LogP contribution in [0, 0.1) is 11.3 Å². The van der Waals surface area contributed by atoms with Crippen molar-refractivity contribution in [2.24, 2.45) is 0 Å². The average molecular weight is 386 g/mol. The van der Waals surface area contributed by atoms with Crippen LogP contribution in [0.1, 0.15) is 22.8 Å². The first-order valence-corrected chi connectivity index (χ1v) is 8.20. The maximum absolute atomic E-state index is 12.4. The van der Waals surface area contributed by atoms with E-state index in [-0.39, 0.29) is 28.4 Å². The van der Waals surface area contributed by atoms with Crippen molar-refractivity contribution in [1.82, 2.24) is 0 Å². The summed E-state index contributed by atoms with van der Waals surface area (Å²) in [4.78, 5) is 37.2. The SMILES string of the molecule is COC(=O)c1ccc(Cl)c(NC(=O)CN(C(C)=O)c2ccccc2C#N)c1. The quantitative estimate of drug-likeness (QED) is 0.797. The summed E-state index contributed by atoms with van der Waals surface area (Å²) in [6.45, 7) is 0.971. The van der Waals surface area contributed by atoms with Crippen molar-refractivity contribution in [2.75, 3.05) is 23.9 Å². The second kappa shape index (κ2) is 8.83. The molecule has 0 aromatic heterocycles. The summed E-state index contributed by atoms with van der Waals surface area (Å²) in [7, 11) is 1.24. The Bertz CT molecular complexity index is 937. The standard InChI is InChI=1S/C19H16ClN3O4/c1-12(24)23(17-6-4-3-5-14(17)10-21)11-18(25)22-16-9-13(19(26)27-2)7-8-15(16)20/h3-9H,11H2,1-2H3,(H,22,25). The van der Waals surface area contributed by atoms with Gasteiger partial charge in [0.2, 0.25) is 11.8 Å². The van der Waals surface area contributed by atoms with Crippen molar-refractivity contribution in [1.29, 1.82) is 5.26 Å². The zero-order valence-corrected chi connectivity index (χ0v) is 15.4. The first-order valence-electron chi connectivity index (χ1n) is 7.82. The Hall–Kier alpha value is -3.37. The van der Waals surface area contributed by atoms with E-state index < -0.39 is 17.8 Å². The van der Waals surface area contributed by atoms with Gasteiger partial charge in [0.05, 0.1) is 34.6 Å². The second-order valence-electron chi connectivity index (χ2n) is 5.47. The van der Waals surface area contributed by atoms with Gasteiger partial charge in [-0.1, -0.05) is 23.7 Å². The van der Waals surface area contributed by atoms with Gasteiger partial charge in [0, 0.05) is 6.92 Å². The molecule has 0 aliphatic carbocycles. The molecule has 138 valence electrons. The number of esters is 1. The highest BCUT2D eigenvalue weighted by Crippen LogP contribution is 2.24. The van der Waals surface area contributed by atoms with Gasteiger partial charge in [0.1, 0.15) is 12.6 Å². The van der Waals surface area contributed by atoms with Crippen molar-refractivity contribution in [2.45, 2.75) is 6.92 Å². The monoisotopic (exact) mass is 385 g/mol. The van der Waals surface area contributed by atoms with E-state index in [2.05, 4.69) is 10.1 Å². The lowest BCUT2D eigenvalue weighted by Crippen LogP contribution is -2.37. The fourth-order valence-electron chi connectivity index (χ4n) is 2.37. The average Bonchev–Trinajstić information content (AvgIpc) is 2.67. The molecule has 0 heterocycles. The van der Waals surface area contributed by atoms with Gasteiger partial charge in [-0.3, -0.25) is 9.59 Å². The van der Waals surface area contributed by atoms with Crippen LogP contribution in [-0.2, 0) is 14.3 Å². The highest BCUT2D eigenvalue weighted by atomic mass is 35.5. The van der Waals surface area contributed by atoms with Crippen molar-refractivity contribution in [3.05, 3.63) is 58.6 Å². The molecule has 2 amide bonds. The third kappa shape index (κ3) is 4.84. The third-order valence-electron chi connectivity index (χ3n) is 3.66. The summed E-state index contributed by atoms with van der Waals surface area (Å²) in [6, 6.07) is 12.8. The number of para-hydroxylation sites is 1. The first-order chi connectivity index (χ1) is 12.9. The minimum absolute atomic E-state index is 0.210. The fraction of sp³-hybridized carbons (Fsp3) is 0.158. The van der Waals surface area contributed by atoms with Crippen LogP contribution in [0.3, 0.4) is 0 Å². The van der Waals surface area contributed by atoms with Crippen molar-refractivity contribution in [3.8, 4) is 6.07 Å². The predicted molar refractivity (Wildman–Crippen MR) is 101 cm³/mol. The lowest BCUT2D eigenvalue weighted by Gasteiger charge is -2.22. The number of nitrogens with zero attached hydrogens (tertiary/aromatic N) is 2. The number of nitriles is 1. The van der Waals surface area contributed by atoms with Gasteiger partial charge in [-0.25, -0.2) is 4.79 Å². The van der Waals surface area contributed by atoms with Gasteiger partial charge in [-0.2, -0.15) is 5.26 Å². The number of anilines is 2. The maximum atomic E-state index is 12.4. The molecule has 0 saturated heterocycles. The van der Waals surface area contributed by atoms with Crippen molar-refractivity contribution in [3.63, 3.8) is 0 Å². The van der Waals surface area contributed by atoms with E-state index in [4.69, 9.17) is 11.6 Å². The summed E-state index contributed by atoms with van der Waals surface area (Å²) < 4.78 is 4.64. The number of methoxy groups -OCH3 is 1. The Labute approximate surface area is 161 Å². The Morgan fingerprint density at radius 1 is 1.22 bits per heavy atom. The molecule has 27 heavy (non-hydrogen) atoms. The van der Waals surface area contributed by atoms with Crippen molar-refractivity contribution < 1.29 is 19.1 Å². The third-order valence-corrected chi connectivity index (χ3v) is 3.99. The molecule has 2 rings (SSSR count). The van der Waals surface area contributed by atoms with Crippen LogP contribution in [0.4, 0.5) is 11.4 Å². The van der Waals surface area contributed by atoms with Gasteiger partial charge in [0.15, 0.2) is 0 Å². The summed E-state index contributed by atoms with van der Waals surface area (Å²) in [5.41, 5.74) is 1.03. The Morgan fingerprint density at radius 3 is 2.56 bits per heavy atom. The van der Waals surface area contributed by atoms with Crippen LogP contribution < -0.4 is 10.2 Å². The molecule has 7 nitrogen and oxygen atoms in total. The van der Waals surface area contributed by atoms with Gasteiger partial charge >= 0.3 is 5.97 Å². The molecule has 0 radical (unpaired) electrons. The van der Waals surface area contributed by atoms with E-state index in [1.165, 1.54) is 37.1 Å². The number of hydrogen-bond acceptors (Lipinski definition) is 5. The van der Waals surface area contributed by atoms with E-state index in [9.17, 15) is 19.6 Å². The Balaban J connectivity index is 2.24. The van der Waals surface area contributed by atoms with E-state index in [0.717, 1.165) is 0 Å². The van der Waals surface area contributed by atoms with Crippen LogP contribution in [0.2, 0.25) is 5.02 Å². The molecule has 0 aliphatic rings. The lowest BCUT2D eigenvalue weighted by molar-refractivity contribution is -0.120. The molecule has 0 aliphatic heterocycles. The first kappa shape index (κ1) is 19.9. The minimum atomic E-state index is -0.574. The zero-order valence-electron chi connectivity index (χ0n) is 14.7. The molecule has 0 saturated carbocycles. The summed E-state index contributed by atoms with van der Waals surface area (Å²) in [5.74, 6) is -1.51. The summed E-state index contributed by atoms with van der Waals surface area (Å²) in [5, 5.41) is 12.0.